The third kappa shape index (κ3) is 2.38. The summed E-state index contributed by atoms with van der Waals surface area (Å²) in [6.45, 7) is 8.05. The normalized spacial score (nSPS) is 44.1. The van der Waals surface area contributed by atoms with Crippen molar-refractivity contribution in [1.82, 2.24) is 10.2 Å². The summed E-state index contributed by atoms with van der Waals surface area (Å²) in [5.74, 6) is 0. The van der Waals surface area contributed by atoms with Gasteiger partial charge in [0, 0.05) is 30.8 Å². The van der Waals surface area contributed by atoms with Gasteiger partial charge in [0.1, 0.15) is 0 Å². The molecule has 98 valence electrons. The number of nitrogens with zero attached hydrogens (tertiary/aromatic N) is 1. The van der Waals surface area contributed by atoms with E-state index in [-0.39, 0.29) is 5.54 Å². The second kappa shape index (κ2) is 4.52. The Hall–Kier alpha value is -0.120. The first-order valence-electron chi connectivity index (χ1n) is 7.31. The van der Waals surface area contributed by atoms with Crippen molar-refractivity contribution in [1.29, 1.82) is 0 Å². The molecule has 2 saturated heterocycles. The summed E-state index contributed by atoms with van der Waals surface area (Å²) in [4.78, 5) is 2.69. The van der Waals surface area contributed by atoms with Crippen LogP contribution in [0.1, 0.15) is 46.0 Å². The molecular formula is C14H26N2O. The van der Waals surface area contributed by atoms with Crippen LogP contribution >= 0.6 is 0 Å². The first kappa shape index (κ1) is 11.9. The second-order valence-corrected chi connectivity index (χ2v) is 6.35. The molecule has 2 aliphatic heterocycles. The Morgan fingerprint density at radius 2 is 2.06 bits per heavy atom. The van der Waals surface area contributed by atoms with Gasteiger partial charge in [-0.25, -0.2) is 0 Å². The van der Waals surface area contributed by atoms with Gasteiger partial charge in [0.25, 0.3) is 0 Å². The molecule has 0 aromatic carbocycles. The Morgan fingerprint density at radius 1 is 1.24 bits per heavy atom. The monoisotopic (exact) mass is 238 g/mol. The Kier molecular flexibility index (Phi) is 3.18. The minimum atomic E-state index is 0.282. The molecule has 1 N–H and O–H groups in total. The summed E-state index contributed by atoms with van der Waals surface area (Å²) in [6.07, 6.45) is 7.08. The molecule has 1 aliphatic carbocycles. The highest BCUT2D eigenvalue weighted by atomic mass is 16.5. The number of rotatable bonds is 3. The van der Waals surface area contributed by atoms with E-state index in [9.17, 15) is 0 Å². The van der Waals surface area contributed by atoms with Crippen LogP contribution in [0, 0.1) is 0 Å². The van der Waals surface area contributed by atoms with Crippen LogP contribution in [0.5, 0.6) is 0 Å². The molecule has 1 saturated carbocycles. The van der Waals surface area contributed by atoms with E-state index < -0.39 is 0 Å². The molecule has 3 aliphatic rings. The van der Waals surface area contributed by atoms with Crippen LogP contribution in [0.4, 0.5) is 0 Å². The van der Waals surface area contributed by atoms with E-state index in [1.165, 1.54) is 45.2 Å². The molecule has 0 spiro atoms. The molecule has 0 aromatic rings. The van der Waals surface area contributed by atoms with Crippen LogP contribution in [0.15, 0.2) is 0 Å². The van der Waals surface area contributed by atoms with Crippen molar-refractivity contribution in [3.63, 3.8) is 0 Å². The molecule has 3 fully saturated rings. The fourth-order valence-corrected chi connectivity index (χ4v) is 3.40. The molecule has 3 atom stereocenters. The lowest BCUT2D eigenvalue weighted by Crippen LogP contribution is -2.58. The molecule has 3 nitrogen and oxygen atoms in total. The highest BCUT2D eigenvalue weighted by Crippen LogP contribution is 2.34. The summed E-state index contributed by atoms with van der Waals surface area (Å²) in [6, 6.07) is 1.56. The van der Waals surface area contributed by atoms with Gasteiger partial charge >= 0.3 is 0 Å². The van der Waals surface area contributed by atoms with Gasteiger partial charge in [-0.15, -0.1) is 0 Å². The second-order valence-electron chi connectivity index (χ2n) is 6.35. The van der Waals surface area contributed by atoms with Gasteiger partial charge in [-0.05, 0) is 52.5 Å². The molecule has 3 rings (SSSR count). The molecule has 3 heteroatoms. The lowest BCUT2D eigenvalue weighted by atomic mass is 9.89. The van der Waals surface area contributed by atoms with E-state index in [0.29, 0.717) is 6.10 Å². The Bertz CT molecular complexity index is 279. The largest absolute Gasteiger partial charge is 0.377 e. The van der Waals surface area contributed by atoms with Gasteiger partial charge in [-0.3, -0.25) is 4.90 Å². The average Bonchev–Trinajstić information content (AvgIpc) is 3.06. The SMILES string of the molecule is CC1OCCC1(C)N1CCCC(NC2CC2)C1. The van der Waals surface area contributed by atoms with Gasteiger partial charge < -0.3 is 10.1 Å². The molecule has 2 heterocycles. The average molecular weight is 238 g/mol. The smallest absolute Gasteiger partial charge is 0.0728 e. The summed E-state index contributed by atoms with van der Waals surface area (Å²) < 4.78 is 5.79. The molecule has 3 unspecified atom stereocenters. The molecule has 0 amide bonds. The van der Waals surface area contributed by atoms with Gasteiger partial charge in [0.15, 0.2) is 0 Å². The zero-order chi connectivity index (χ0) is 11.9. The van der Waals surface area contributed by atoms with E-state index >= 15 is 0 Å². The minimum Gasteiger partial charge on any atom is -0.377 e. The third-order valence-corrected chi connectivity index (χ3v) is 5.04. The number of hydrogen-bond acceptors (Lipinski definition) is 3. The van der Waals surface area contributed by atoms with E-state index in [2.05, 4.69) is 24.1 Å². The number of likely N-dealkylation sites (tertiary alicyclic amines) is 1. The fourth-order valence-electron chi connectivity index (χ4n) is 3.40. The van der Waals surface area contributed by atoms with E-state index in [1.54, 1.807) is 0 Å². The zero-order valence-electron chi connectivity index (χ0n) is 11.2. The first-order valence-corrected chi connectivity index (χ1v) is 7.31. The van der Waals surface area contributed by atoms with Crippen molar-refractivity contribution in [2.24, 2.45) is 0 Å². The van der Waals surface area contributed by atoms with Gasteiger partial charge in [0.05, 0.1) is 6.10 Å². The fraction of sp³-hybridized carbons (Fsp3) is 1.00. The predicted octanol–water partition coefficient (Wildman–Crippen LogP) is 1.77. The first-order chi connectivity index (χ1) is 8.18. The number of hydrogen-bond donors (Lipinski definition) is 1. The van der Waals surface area contributed by atoms with Crippen molar-refractivity contribution >= 4 is 0 Å². The number of nitrogens with one attached hydrogen (secondary N) is 1. The van der Waals surface area contributed by atoms with Crippen LogP contribution in [-0.4, -0.2) is 48.3 Å². The maximum atomic E-state index is 5.79. The zero-order valence-corrected chi connectivity index (χ0v) is 11.2. The van der Waals surface area contributed by atoms with Gasteiger partial charge in [-0.1, -0.05) is 0 Å². The van der Waals surface area contributed by atoms with Crippen LogP contribution in [-0.2, 0) is 4.74 Å². The van der Waals surface area contributed by atoms with Crippen molar-refractivity contribution < 1.29 is 4.74 Å². The van der Waals surface area contributed by atoms with Crippen LogP contribution < -0.4 is 5.32 Å². The highest BCUT2D eigenvalue weighted by molar-refractivity contribution is 4.99. The Balaban J connectivity index is 1.61. The van der Waals surface area contributed by atoms with E-state index in [0.717, 1.165) is 18.7 Å². The van der Waals surface area contributed by atoms with Crippen LogP contribution in [0.25, 0.3) is 0 Å². The molecule has 0 radical (unpaired) electrons. The quantitative estimate of drug-likeness (QED) is 0.811. The van der Waals surface area contributed by atoms with Gasteiger partial charge in [-0.2, -0.15) is 0 Å². The summed E-state index contributed by atoms with van der Waals surface area (Å²) in [7, 11) is 0. The molecular weight excluding hydrogens is 212 g/mol. The number of ether oxygens (including phenoxy) is 1. The molecule has 17 heavy (non-hydrogen) atoms. The highest BCUT2D eigenvalue weighted by Gasteiger charge is 2.43. The van der Waals surface area contributed by atoms with Crippen LogP contribution in [0.2, 0.25) is 0 Å². The lowest BCUT2D eigenvalue weighted by Gasteiger charge is -2.45. The minimum absolute atomic E-state index is 0.282. The third-order valence-electron chi connectivity index (χ3n) is 5.04. The lowest BCUT2D eigenvalue weighted by molar-refractivity contribution is 0.00309. The molecule has 0 aromatic heterocycles. The maximum absolute atomic E-state index is 5.79. The van der Waals surface area contributed by atoms with Gasteiger partial charge in [0.2, 0.25) is 0 Å². The van der Waals surface area contributed by atoms with Crippen molar-refractivity contribution in [3.05, 3.63) is 0 Å². The number of piperidine rings is 1. The summed E-state index contributed by atoms with van der Waals surface area (Å²) >= 11 is 0. The Morgan fingerprint density at radius 3 is 2.71 bits per heavy atom. The van der Waals surface area contributed by atoms with Crippen molar-refractivity contribution in [3.8, 4) is 0 Å². The maximum Gasteiger partial charge on any atom is 0.0728 e. The Labute approximate surface area is 105 Å². The molecule has 0 bridgehead atoms. The topological polar surface area (TPSA) is 24.5 Å². The standard InChI is InChI=1S/C14H26N2O/c1-11-14(2,7-9-17-11)16-8-3-4-13(10-16)15-12-5-6-12/h11-13,15H,3-10H2,1-2H3. The predicted molar refractivity (Wildman–Crippen MR) is 69.2 cm³/mol. The summed E-state index contributed by atoms with van der Waals surface area (Å²) in [5, 5.41) is 3.80. The van der Waals surface area contributed by atoms with E-state index in [4.69, 9.17) is 4.74 Å². The van der Waals surface area contributed by atoms with Crippen molar-refractivity contribution in [2.75, 3.05) is 19.7 Å². The van der Waals surface area contributed by atoms with Crippen molar-refractivity contribution in [2.45, 2.75) is 69.7 Å². The van der Waals surface area contributed by atoms with E-state index in [1.807, 2.05) is 0 Å². The van der Waals surface area contributed by atoms with Crippen LogP contribution in [0.3, 0.4) is 0 Å². The summed E-state index contributed by atoms with van der Waals surface area (Å²) in [5.41, 5.74) is 0.282.